The average Bonchev–Trinajstić information content (AvgIpc) is 3.33. The fourth-order valence-corrected chi connectivity index (χ4v) is 3.37. The molecule has 0 fully saturated rings. The van der Waals surface area contributed by atoms with Gasteiger partial charge in [-0.05, 0) is 37.3 Å². The highest BCUT2D eigenvalue weighted by Gasteiger charge is 2.16. The number of aromatic nitrogens is 4. The van der Waals surface area contributed by atoms with E-state index in [2.05, 4.69) is 20.6 Å². The van der Waals surface area contributed by atoms with E-state index >= 15 is 0 Å². The number of amides is 1. The number of hydrogen-bond donors (Lipinski definition) is 1. The molecular formula is C25H27N5O6. The molecule has 2 aromatic carbocycles. The number of ether oxygens (including phenoxy) is 5. The van der Waals surface area contributed by atoms with E-state index in [1.54, 1.807) is 55.1 Å². The minimum atomic E-state index is -0.267. The number of methoxy groups -OCH3 is 2. The molecule has 0 aliphatic heterocycles. The van der Waals surface area contributed by atoms with Gasteiger partial charge in [-0.2, -0.15) is 4.52 Å². The lowest BCUT2D eigenvalue weighted by Crippen LogP contribution is -2.32. The predicted octanol–water partition coefficient (Wildman–Crippen LogP) is 2.78. The number of carbonyl (C=O) groups excluding carboxylic acids is 1. The second-order valence-electron chi connectivity index (χ2n) is 7.43. The lowest BCUT2D eigenvalue weighted by atomic mass is 10.2. The van der Waals surface area contributed by atoms with Gasteiger partial charge in [-0.25, -0.2) is 0 Å². The van der Waals surface area contributed by atoms with Crippen molar-refractivity contribution in [2.24, 2.45) is 0 Å². The molecule has 1 amide bonds. The summed E-state index contributed by atoms with van der Waals surface area (Å²) in [5.41, 5.74) is 1.25. The van der Waals surface area contributed by atoms with Crippen molar-refractivity contribution >= 4 is 11.6 Å². The lowest BCUT2D eigenvalue weighted by molar-refractivity contribution is -0.123. The molecule has 11 nitrogen and oxygen atoms in total. The maximum absolute atomic E-state index is 12.1. The monoisotopic (exact) mass is 493 g/mol. The molecule has 0 saturated heterocycles. The Labute approximate surface area is 207 Å². The third-order valence-electron chi connectivity index (χ3n) is 5.05. The molecule has 2 aromatic heterocycles. The molecular weight excluding hydrogens is 466 g/mol. The number of nitrogens with zero attached hydrogens (tertiary/aromatic N) is 4. The van der Waals surface area contributed by atoms with Gasteiger partial charge in [0.05, 0.1) is 32.9 Å². The van der Waals surface area contributed by atoms with E-state index in [-0.39, 0.29) is 25.7 Å². The Hall–Kier alpha value is -4.54. The van der Waals surface area contributed by atoms with Crippen molar-refractivity contribution in [1.82, 2.24) is 25.1 Å². The molecule has 0 radical (unpaired) electrons. The van der Waals surface area contributed by atoms with Gasteiger partial charge in [-0.3, -0.25) is 4.79 Å². The van der Waals surface area contributed by atoms with Crippen LogP contribution in [0.3, 0.4) is 0 Å². The maximum atomic E-state index is 12.1. The summed E-state index contributed by atoms with van der Waals surface area (Å²) in [6, 6.07) is 16.0. The molecule has 0 spiro atoms. The first-order chi connectivity index (χ1) is 17.6. The zero-order chi connectivity index (χ0) is 25.3. The van der Waals surface area contributed by atoms with Gasteiger partial charge in [0.1, 0.15) is 29.6 Å². The molecule has 2 heterocycles. The molecule has 4 rings (SSSR count). The summed E-state index contributed by atoms with van der Waals surface area (Å²) in [5, 5.41) is 15.6. The maximum Gasteiger partial charge on any atom is 0.258 e. The molecule has 0 atom stereocenters. The SMILES string of the molecule is CCOc1cccc(OCC(=O)NCCOc2ccc3nnc(-c4ccc(OC)cc4OC)n3n2)c1. The van der Waals surface area contributed by atoms with E-state index in [4.69, 9.17) is 23.7 Å². The van der Waals surface area contributed by atoms with Crippen LogP contribution in [0, 0.1) is 0 Å². The van der Waals surface area contributed by atoms with Crippen molar-refractivity contribution < 1.29 is 28.5 Å². The Morgan fingerprint density at radius 1 is 0.917 bits per heavy atom. The summed E-state index contributed by atoms with van der Waals surface area (Å²) >= 11 is 0. The Morgan fingerprint density at radius 3 is 2.53 bits per heavy atom. The Kier molecular flexibility index (Phi) is 8.01. The highest BCUT2D eigenvalue weighted by atomic mass is 16.5. The van der Waals surface area contributed by atoms with Gasteiger partial charge in [0.25, 0.3) is 5.91 Å². The number of benzene rings is 2. The van der Waals surface area contributed by atoms with Crippen LogP contribution in [0.25, 0.3) is 17.0 Å². The third-order valence-corrected chi connectivity index (χ3v) is 5.05. The topological polar surface area (TPSA) is 118 Å². The van der Waals surface area contributed by atoms with E-state index in [0.29, 0.717) is 52.5 Å². The van der Waals surface area contributed by atoms with Crippen LogP contribution in [0.1, 0.15) is 6.92 Å². The number of rotatable bonds is 12. The number of carbonyl (C=O) groups is 1. The normalized spacial score (nSPS) is 10.6. The molecule has 0 bridgehead atoms. The quantitative estimate of drug-likeness (QED) is 0.297. The highest BCUT2D eigenvalue weighted by molar-refractivity contribution is 5.77. The van der Waals surface area contributed by atoms with Gasteiger partial charge in [0.2, 0.25) is 5.88 Å². The van der Waals surface area contributed by atoms with E-state index < -0.39 is 0 Å². The Balaban J connectivity index is 1.32. The van der Waals surface area contributed by atoms with Crippen molar-refractivity contribution in [3.05, 3.63) is 54.6 Å². The summed E-state index contributed by atoms with van der Waals surface area (Å²) in [5.74, 6) is 3.07. The number of hydrogen-bond acceptors (Lipinski definition) is 9. The third kappa shape index (κ3) is 5.93. The highest BCUT2D eigenvalue weighted by Crippen LogP contribution is 2.32. The second-order valence-corrected chi connectivity index (χ2v) is 7.43. The molecule has 4 aromatic rings. The first-order valence-electron chi connectivity index (χ1n) is 11.3. The summed E-state index contributed by atoms with van der Waals surface area (Å²) in [6.45, 7) is 2.84. The standard InChI is InChI=1S/C25H27N5O6/c1-4-34-18-6-5-7-19(14-18)36-16-23(31)26-12-13-35-24-11-10-22-27-28-25(30(22)29-24)20-9-8-17(32-2)15-21(20)33-3/h5-11,14-15H,4,12-13,16H2,1-3H3,(H,26,31). The summed E-state index contributed by atoms with van der Waals surface area (Å²) in [7, 11) is 3.16. The van der Waals surface area contributed by atoms with Crippen molar-refractivity contribution in [1.29, 1.82) is 0 Å². The van der Waals surface area contributed by atoms with E-state index in [1.165, 1.54) is 0 Å². The van der Waals surface area contributed by atoms with Crippen LogP contribution < -0.4 is 29.0 Å². The van der Waals surface area contributed by atoms with Crippen molar-refractivity contribution in [3.8, 4) is 40.3 Å². The molecule has 11 heteroatoms. The molecule has 188 valence electrons. The largest absolute Gasteiger partial charge is 0.497 e. The first kappa shape index (κ1) is 24.6. The van der Waals surface area contributed by atoms with E-state index in [9.17, 15) is 4.79 Å². The average molecular weight is 494 g/mol. The van der Waals surface area contributed by atoms with Gasteiger partial charge >= 0.3 is 0 Å². The second kappa shape index (κ2) is 11.7. The first-order valence-corrected chi connectivity index (χ1v) is 11.3. The van der Waals surface area contributed by atoms with E-state index in [0.717, 1.165) is 0 Å². The molecule has 1 N–H and O–H groups in total. The van der Waals surface area contributed by atoms with Crippen LogP contribution >= 0.6 is 0 Å². The van der Waals surface area contributed by atoms with Crippen LogP contribution in [0.5, 0.6) is 28.9 Å². The van der Waals surface area contributed by atoms with Crippen LogP contribution in [0.4, 0.5) is 0 Å². The Bertz CT molecular complexity index is 1330. The number of nitrogens with one attached hydrogen (secondary N) is 1. The fraction of sp³-hybridized carbons (Fsp3) is 0.280. The van der Waals surface area contributed by atoms with Gasteiger partial charge in [0.15, 0.2) is 18.1 Å². The Morgan fingerprint density at radius 2 is 1.75 bits per heavy atom. The molecule has 0 unspecified atom stereocenters. The molecule has 0 aliphatic rings. The zero-order valence-corrected chi connectivity index (χ0v) is 20.3. The minimum absolute atomic E-state index is 0.118. The van der Waals surface area contributed by atoms with Gasteiger partial charge in [-0.15, -0.1) is 15.3 Å². The molecule has 0 aliphatic carbocycles. The van der Waals surface area contributed by atoms with Gasteiger partial charge in [-0.1, -0.05) is 6.07 Å². The summed E-state index contributed by atoms with van der Waals surface area (Å²) in [6.07, 6.45) is 0. The number of fused-ring (bicyclic) bond motifs is 1. The summed E-state index contributed by atoms with van der Waals surface area (Å²) < 4.78 is 29.0. The fourth-order valence-electron chi connectivity index (χ4n) is 3.37. The summed E-state index contributed by atoms with van der Waals surface area (Å²) in [4.78, 5) is 12.1. The predicted molar refractivity (Wildman–Crippen MR) is 131 cm³/mol. The van der Waals surface area contributed by atoms with Crippen LogP contribution in [-0.2, 0) is 4.79 Å². The zero-order valence-electron chi connectivity index (χ0n) is 20.3. The van der Waals surface area contributed by atoms with Crippen LogP contribution in [0.15, 0.2) is 54.6 Å². The van der Waals surface area contributed by atoms with Crippen LogP contribution in [0.2, 0.25) is 0 Å². The van der Waals surface area contributed by atoms with Crippen molar-refractivity contribution in [2.75, 3.05) is 40.6 Å². The minimum Gasteiger partial charge on any atom is -0.497 e. The van der Waals surface area contributed by atoms with E-state index in [1.807, 2.05) is 25.1 Å². The van der Waals surface area contributed by atoms with Crippen molar-refractivity contribution in [2.45, 2.75) is 6.92 Å². The van der Waals surface area contributed by atoms with Crippen LogP contribution in [-0.4, -0.2) is 66.3 Å². The smallest absolute Gasteiger partial charge is 0.258 e. The molecule has 36 heavy (non-hydrogen) atoms. The molecule has 0 saturated carbocycles. The van der Waals surface area contributed by atoms with Gasteiger partial charge < -0.3 is 29.0 Å². The van der Waals surface area contributed by atoms with Gasteiger partial charge in [0, 0.05) is 18.2 Å². The van der Waals surface area contributed by atoms with Crippen molar-refractivity contribution in [3.63, 3.8) is 0 Å². The lowest BCUT2D eigenvalue weighted by Gasteiger charge is -2.10.